The number of pyridine rings is 1. The minimum Gasteiger partial charge on any atom is -0.355 e. The Labute approximate surface area is 113 Å². The Morgan fingerprint density at radius 1 is 1.21 bits per heavy atom. The van der Waals surface area contributed by atoms with Gasteiger partial charge in [-0.2, -0.15) is 0 Å². The second-order valence-electron chi connectivity index (χ2n) is 5.34. The number of anilines is 1. The molecule has 98 valence electrons. The highest BCUT2D eigenvalue weighted by atomic mass is 15.2. The van der Waals surface area contributed by atoms with E-state index in [9.17, 15) is 0 Å². The molecule has 4 heteroatoms. The molecule has 0 aromatic carbocycles. The molecule has 0 N–H and O–H groups in total. The molecule has 3 rings (SSSR count). The Morgan fingerprint density at radius 3 is 2.74 bits per heavy atom. The third kappa shape index (κ3) is 2.30. The second kappa shape index (κ2) is 4.96. The fourth-order valence-corrected chi connectivity index (χ4v) is 2.49. The van der Waals surface area contributed by atoms with Gasteiger partial charge < -0.3 is 4.90 Å². The summed E-state index contributed by atoms with van der Waals surface area (Å²) in [4.78, 5) is 15.1. The molecular formula is C15H18N4. The monoisotopic (exact) mass is 254 g/mol. The molecule has 0 atom stereocenters. The molecule has 1 saturated heterocycles. The van der Waals surface area contributed by atoms with Crippen LogP contribution in [0.2, 0.25) is 0 Å². The molecule has 4 nitrogen and oxygen atoms in total. The van der Waals surface area contributed by atoms with Crippen molar-refractivity contribution < 1.29 is 0 Å². The first-order valence-corrected chi connectivity index (χ1v) is 6.70. The molecule has 0 spiro atoms. The van der Waals surface area contributed by atoms with Crippen molar-refractivity contribution in [3.05, 3.63) is 48.2 Å². The average Bonchev–Trinajstić information content (AvgIpc) is 2.39. The highest BCUT2D eigenvalue weighted by Crippen LogP contribution is 2.33. The number of hydrogen-bond acceptors (Lipinski definition) is 4. The first-order valence-electron chi connectivity index (χ1n) is 6.70. The molecule has 1 aliphatic heterocycles. The van der Waals surface area contributed by atoms with Crippen LogP contribution in [0.5, 0.6) is 0 Å². The number of nitrogens with zero attached hydrogens (tertiary/aromatic N) is 4. The van der Waals surface area contributed by atoms with Crippen LogP contribution in [0.3, 0.4) is 0 Å². The van der Waals surface area contributed by atoms with E-state index in [4.69, 9.17) is 0 Å². The van der Waals surface area contributed by atoms with Crippen molar-refractivity contribution in [1.29, 1.82) is 0 Å². The summed E-state index contributed by atoms with van der Waals surface area (Å²) in [6, 6.07) is 4.15. The Hall–Kier alpha value is -1.97. The summed E-state index contributed by atoms with van der Waals surface area (Å²) in [5.41, 5.74) is 2.55. The van der Waals surface area contributed by atoms with Gasteiger partial charge in [0.25, 0.3) is 0 Å². The Bertz CT molecular complexity index is 547. The molecule has 3 heterocycles. The maximum atomic E-state index is 4.45. The molecule has 2 aromatic rings. The smallest absolute Gasteiger partial charge is 0.135 e. The highest BCUT2D eigenvalue weighted by Gasteiger charge is 2.30. The van der Waals surface area contributed by atoms with Gasteiger partial charge in [-0.1, -0.05) is 19.9 Å². The molecule has 0 radical (unpaired) electrons. The Morgan fingerprint density at radius 2 is 2.05 bits per heavy atom. The molecule has 1 aliphatic rings. The van der Waals surface area contributed by atoms with Gasteiger partial charge in [0, 0.05) is 43.2 Å². The third-order valence-electron chi connectivity index (χ3n) is 3.68. The topological polar surface area (TPSA) is 41.9 Å². The fraction of sp³-hybridized carbons (Fsp3) is 0.400. The lowest BCUT2D eigenvalue weighted by Gasteiger charge is -2.41. The van der Waals surface area contributed by atoms with Gasteiger partial charge in [0.2, 0.25) is 0 Å². The van der Waals surface area contributed by atoms with E-state index in [1.165, 1.54) is 11.1 Å². The van der Waals surface area contributed by atoms with Crippen LogP contribution in [-0.2, 0) is 0 Å². The van der Waals surface area contributed by atoms with Gasteiger partial charge in [-0.25, -0.2) is 9.97 Å². The van der Waals surface area contributed by atoms with Crippen LogP contribution in [0.25, 0.3) is 0 Å². The maximum Gasteiger partial charge on any atom is 0.135 e. The zero-order valence-electron chi connectivity index (χ0n) is 11.3. The summed E-state index contributed by atoms with van der Waals surface area (Å²) >= 11 is 0. The van der Waals surface area contributed by atoms with Gasteiger partial charge >= 0.3 is 0 Å². The minimum absolute atomic E-state index is 0.452. The summed E-state index contributed by atoms with van der Waals surface area (Å²) < 4.78 is 0. The van der Waals surface area contributed by atoms with E-state index >= 15 is 0 Å². The SMILES string of the molecule is CC(C)c1cncnc1N1CC(c2cccnc2)C1. The summed E-state index contributed by atoms with van der Waals surface area (Å²) in [7, 11) is 0. The van der Waals surface area contributed by atoms with Crippen molar-refractivity contribution in [2.45, 2.75) is 25.7 Å². The van der Waals surface area contributed by atoms with Crippen LogP contribution >= 0.6 is 0 Å². The van der Waals surface area contributed by atoms with Crippen LogP contribution in [0, 0.1) is 0 Å². The normalized spacial score (nSPS) is 15.6. The van der Waals surface area contributed by atoms with Gasteiger partial charge in [-0.3, -0.25) is 4.98 Å². The van der Waals surface area contributed by atoms with Crippen molar-refractivity contribution >= 4 is 5.82 Å². The van der Waals surface area contributed by atoms with E-state index in [1.807, 2.05) is 24.7 Å². The fourth-order valence-electron chi connectivity index (χ4n) is 2.49. The molecule has 0 aliphatic carbocycles. The Kier molecular flexibility index (Phi) is 3.15. The molecule has 0 unspecified atom stereocenters. The van der Waals surface area contributed by atoms with Crippen LogP contribution in [0.15, 0.2) is 37.1 Å². The predicted molar refractivity (Wildman–Crippen MR) is 75.3 cm³/mol. The van der Waals surface area contributed by atoms with Gasteiger partial charge in [-0.15, -0.1) is 0 Å². The van der Waals surface area contributed by atoms with Crippen LogP contribution < -0.4 is 4.90 Å². The average molecular weight is 254 g/mol. The quantitative estimate of drug-likeness (QED) is 0.844. The highest BCUT2D eigenvalue weighted by molar-refractivity contribution is 5.51. The van der Waals surface area contributed by atoms with Gasteiger partial charge in [0.15, 0.2) is 0 Å². The van der Waals surface area contributed by atoms with E-state index in [-0.39, 0.29) is 0 Å². The predicted octanol–water partition coefficient (Wildman–Crippen LogP) is 2.60. The van der Waals surface area contributed by atoms with Crippen molar-refractivity contribution in [3.8, 4) is 0 Å². The van der Waals surface area contributed by atoms with Crippen LogP contribution in [0.4, 0.5) is 5.82 Å². The van der Waals surface area contributed by atoms with Crippen LogP contribution in [-0.4, -0.2) is 28.0 Å². The first-order chi connectivity index (χ1) is 9.25. The standard InChI is InChI=1S/C15H18N4/c1-11(2)14-7-17-10-18-15(14)19-8-13(9-19)12-4-3-5-16-6-12/h3-7,10-11,13H,8-9H2,1-2H3. The molecule has 19 heavy (non-hydrogen) atoms. The van der Waals surface area contributed by atoms with E-state index in [0.717, 1.165) is 18.9 Å². The largest absolute Gasteiger partial charge is 0.355 e. The molecule has 1 fully saturated rings. The molecule has 0 bridgehead atoms. The summed E-state index contributed by atoms with van der Waals surface area (Å²) in [5, 5.41) is 0. The third-order valence-corrected chi connectivity index (χ3v) is 3.68. The van der Waals surface area contributed by atoms with Crippen molar-refractivity contribution in [2.75, 3.05) is 18.0 Å². The van der Waals surface area contributed by atoms with Gasteiger partial charge in [0.1, 0.15) is 12.1 Å². The van der Waals surface area contributed by atoms with E-state index in [2.05, 4.69) is 39.8 Å². The van der Waals surface area contributed by atoms with E-state index < -0.39 is 0 Å². The molecule has 0 saturated carbocycles. The lowest BCUT2D eigenvalue weighted by molar-refractivity contribution is 0.515. The number of aromatic nitrogens is 3. The van der Waals surface area contributed by atoms with Crippen molar-refractivity contribution in [3.63, 3.8) is 0 Å². The van der Waals surface area contributed by atoms with E-state index in [1.54, 1.807) is 6.33 Å². The van der Waals surface area contributed by atoms with Crippen LogP contribution in [0.1, 0.15) is 36.8 Å². The first kappa shape index (κ1) is 12.1. The molecule has 0 amide bonds. The zero-order chi connectivity index (χ0) is 13.2. The number of hydrogen-bond donors (Lipinski definition) is 0. The summed E-state index contributed by atoms with van der Waals surface area (Å²) in [6.07, 6.45) is 7.36. The Balaban J connectivity index is 1.74. The number of rotatable bonds is 3. The minimum atomic E-state index is 0.452. The summed E-state index contributed by atoms with van der Waals surface area (Å²) in [6.45, 7) is 6.39. The van der Waals surface area contributed by atoms with Crippen molar-refractivity contribution in [1.82, 2.24) is 15.0 Å². The molecule has 2 aromatic heterocycles. The lowest BCUT2D eigenvalue weighted by Crippen LogP contribution is -2.46. The lowest BCUT2D eigenvalue weighted by atomic mass is 9.92. The zero-order valence-corrected chi connectivity index (χ0v) is 11.3. The summed E-state index contributed by atoms with van der Waals surface area (Å²) in [5.74, 6) is 2.11. The maximum absolute atomic E-state index is 4.45. The second-order valence-corrected chi connectivity index (χ2v) is 5.34. The van der Waals surface area contributed by atoms with Crippen molar-refractivity contribution in [2.24, 2.45) is 0 Å². The van der Waals surface area contributed by atoms with Gasteiger partial charge in [0.05, 0.1) is 0 Å². The van der Waals surface area contributed by atoms with Gasteiger partial charge in [-0.05, 0) is 17.5 Å². The molecular weight excluding hydrogens is 236 g/mol. The van der Waals surface area contributed by atoms with E-state index in [0.29, 0.717) is 11.8 Å².